The van der Waals surface area contributed by atoms with E-state index in [4.69, 9.17) is 14.2 Å². The number of benzene rings is 1. The number of nitrogens with zero attached hydrogens (tertiary/aromatic N) is 2. The smallest absolute Gasteiger partial charge is 0.331 e. The first-order chi connectivity index (χ1) is 16.6. The number of aryl methyl sites for hydroxylation is 3. The quantitative estimate of drug-likeness (QED) is 0.279. The molecule has 186 valence electrons. The lowest BCUT2D eigenvalue weighted by molar-refractivity contribution is -0.161. The first-order valence-electron chi connectivity index (χ1n) is 11.6. The zero-order valence-corrected chi connectivity index (χ0v) is 20.8. The molecule has 3 atom stereocenters. The van der Waals surface area contributed by atoms with Gasteiger partial charge in [0.2, 0.25) is 0 Å². The van der Waals surface area contributed by atoms with E-state index in [0.717, 1.165) is 22.3 Å². The van der Waals surface area contributed by atoms with Gasteiger partial charge in [0.05, 0.1) is 12.0 Å². The van der Waals surface area contributed by atoms with E-state index >= 15 is 0 Å². The van der Waals surface area contributed by atoms with Gasteiger partial charge in [0.25, 0.3) is 0 Å². The second kappa shape index (κ2) is 11.6. The molecule has 8 nitrogen and oxygen atoms in total. The normalized spacial score (nSPS) is 20.2. The molecule has 35 heavy (non-hydrogen) atoms. The lowest BCUT2D eigenvalue weighted by atomic mass is 9.87. The first-order valence-corrected chi connectivity index (χ1v) is 11.6. The highest BCUT2D eigenvalue weighted by molar-refractivity contribution is 5.86. The van der Waals surface area contributed by atoms with Gasteiger partial charge in [-0.15, -0.1) is 0 Å². The van der Waals surface area contributed by atoms with Crippen molar-refractivity contribution in [3.05, 3.63) is 70.8 Å². The number of imidazole rings is 1. The van der Waals surface area contributed by atoms with Gasteiger partial charge in [0.1, 0.15) is 12.2 Å². The molecular weight excluding hydrogens is 448 g/mol. The summed E-state index contributed by atoms with van der Waals surface area (Å²) in [6.45, 7) is 6.65. The van der Waals surface area contributed by atoms with Gasteiger partial charge >= 0.3 is 17.9 Å². The van der Waals surface area contributed by atoms with Gasteiger partial charge in [-0.1, -0.05) is 18.2 Å². The van der Waals surface area contributed by atoms with Crippen LogP contribution in [0.4, 0.5) is 0 Å². The minimum absolute atomic E-state index is 0.366. The molecule has 0 bridgehead atoms. The van der Waals surface area contributed by atoms with Crippen LogP contribution in [0.2, 0.25) is 0 Å². The van der Waals surface area contributed by atoms with Gasteiger partial charge in [-0.05, 0) is 48.3 Å². The molecule has 3 unspecified atom stereocenters. The van der Waals surface area contributed by atoms with Gasteiger partial charge in [-0.2, -0.15) is 0 Å². The standard InChI is InChI=1S/C27H32N2O6/c1-17-9-10-18(2)24-14-26(34-20(4)31)25(33-19(3)30)8-6-7-22(13-23(17)24)35-27(32)12-11-21-15-29(5)16-28-21/h6,8-12,15-16,22,25-26H,7,13-14H2,1-5H3/b8-6?,12-11+. The third kappa shape index (κ3) is 7.40. The summed E-state index contributed by atoms with van der Waals surface area (Å²) in [7, 11) is 1.85. The maximum atomic E-state index is 12.6. The molecule has 1 aliphatic carbocycles. The summed E-state index contributed by atoms with van der Waals surface area (Å²) in [5.74, 6) is -1.39. The van der Waals surface area contributed by atoms with E-state index < -0.39 is 36.2 Å². The predicted molar refractivity (Wildman–Crippen MR) is 130 cm³/mol. The molecule has 0 saturated carbocycles. The van der Waals surface area contributed by atoms with Crippen LogP contribution in [0.25, 0.3) is 6.08 Å². The predicted octanol–water partition coefficient (Wildman–Crippen LogP) is 3.57. The maximum Gasteiger partial charge on any atom is 0.331 e. The van der Waals surface area contributed by atoms with Gasteiger partial charge < -0.3 is 18.8 Å². The third-order valence-corrected chi connectivity index (χ3v) is 5.85. The van der Waals surface area contributed by atoms with Crippen molar-refractivity contribution < 1.29 is 28.6 Å². The second-order valence-electron chi connectivity index (χ2n) is 8.81. The summed E-state index contributed by atoms with van der Waals surface area (Å²) < 4.78 is 18.7. The van der Waals surface area contributed by atoms with E-state index in [1.165, 1.54) is 19.9 Å². The van der Waals surface area contributed by atoms with Crippen LogP contribution in [-0.4, -0.2) is 45.8 Å². The van der Waals surface area contributed by atoms with Crippen molar-refractivity contribution in [1.29, 1.82) is 0 Å². The van der Waals surface area contributed by atoms with Crippen LogP contribution >= 0.6 is 0 Å². The highest BCUT2D eigenvalue weighted by Gasteiger charge is 2.29. The van der Waals surface area contributed by atoms with E-state index in [9.17, 15) is 14.4 Å². The number of ether oxygens (including phenoxy) is 3. The summed E-state index contributed by atoms with van der Waals surface area (Å²) in [6.07, 6.45) is 9.35. The molecule has 1 heterocycles. The van der Waals surface area contributed by atoms with E-state index in [1.807, 2.05) is 33.0 Å². The molecule has 3 rings (SSSR count). The van der Waals surface area contributed by atoms with Crippen molar-refractivity contribution in [1.82, 2.24) is 9.55 Å². The summed E-state index contributed by atoms with van der Waals surface area (Å²) in [4.78, 5) is 40.4. The van der Waals surface area contributed by atoms with Crippen LogP contribution in [0.1, 0.15) is 48.2 Å². The Hall–Kier alpha value is -3.68. The Bertz CT molecular complexity index is 1150. The van der Waals surface area contributed by atoms with Crippen molar-refractivity contribution in [2.24, 2.45) is 7.05 Å². The Morgan fingerprint density at radius 2 is 1.66 bits per heavy atom. The summed E-state index contributed by atoms with van der Waals surface area (Å²) in [5.41, 5.74) is 4.76. The van der Waals surface area contributed by atoms with Crippen molar-refractivity contribution in [2.45, 2.75) is 65.3 Å². The molecule has 0 spiro atoms. The van der Waals surface area contributed by atoms with Crippen molar-refractivity contribution in [3.8, 4) is 0 Å². The SMILES string of the molecule is CC(=O)OC1C=CCC(OC(=O)/C=C/c2cn(C)cn2)Cc2c(C)ccc(C)c2CC1OC(C)=O. The molecule has 2 aromatic rings. The number of carbonyl (C=O) groups is 3. The average molecular weight is 481 g/mol. The van der Waals surface area contributed by atoms with E-state index in [1.54, 1.807) is 35.3 Å². The van der Waals surface area contributed by atoms with Gasteiger partial charge in [-0.3, -0.25) is 9.59 Å². The highest BCUT2D eigenvalue weighted by Crippen LogP contribution is 2.27. The van der Waals surface area contributed by atoms with Crippen LogP contribution in [0.5, 0.6) is 0 Å². The Labute approximate surface area is 205 Å². The molecule has 0 fully saturated rings. The minimum atomic E-state index is -0.761. The van der Waals surface area contributed by atoms with Crippen molar-refractivity contribution in [2.75, 3.05) is 0 Å². The van der Waals surface area contributed by atoms with Gasteiger partial charge in [-0.25, -0.2) is 9.78 Å². The van der Waals surface area contributed by atoms with E-state index in [2.05, 4.69) is 4.98 Å². The number of fused-ring (bicyclic) bond motifs is 1. The zero-order valence-electron chi connectivity index (χ0n) is 20.8. The summed E-state index contributed by atoms with van der Waals surface area (Å²) >= 11 is 0. The Morgan fingerprint density at radius 1 is 1.00 bits per heavy atom. The molecule has 1 aromatic heterocycles. The van der Waals surface area contributed by atoms with Gasteiger partial charge in [0, 0.05) is 52.4 Å². The molecule has 0 amide bonds. The topological polar surface area (TPSA) is 96.7 Å². The van der Waals surface area contributed by atoms with E-state index in [0.29, 0.717) is 25.0 Å². The Kier molecular flexibility index (Phi) is 8.63. The number of aromatic nitrogens is 2. The monoisotopic (exact) mass is 480 g/mol. The Morgan fingerprint density at radius 3 is 2.26 bits per heavy atom. The summed E-state index contributed by atoms with van der Waals surface area (Å²) in [6, 6.07) is 4.04. The zero-order chi connectivity index (χ0) is 25.5. The lowest BCUT2D eigenvalue weighted by Crippen LogP contribution is -2.36. The van der Waals surface area contributed by atoms with Gasteiger partial charge in [0.15, 0.2) is 6.10 Å². The van der Waals surface area contributed by atoms with Crippen molar-refractivity contribution >= 4 is 24.0 Å². The number of hydrogen-bond acceptors (Lipinski definition) is 7. The van der Waals surface area contributed by atoms with Crippen LogP contribution in [0.15, 0.2) is 42.9 Å². The molecule has 0 N–H and O–H groups in total. The fourth-order valence-corrected chi connectivity index (χ4v) is 4.21. The lowest BCUT2D eigenvalue weighted by Gasteiger charge is -2.28. The average Bonchev–Trinajstić information content (AvgIpc) is 3.20. The first kappa shape index (κ1) is 25.9. The molecule has 0 aliphatic heterocycles. The molecule has 1 aromatic carbocycles. The van der Waals surface area contributed by atoms with Crippen LogP contribution in [-0.2, 0) is 48.5 Å². The fraction of sp³-hybridized carbons (Fsp3) is 0.407. The minimum Gasteiger partial charge on any atom is -0.459 e. The van der Waals surface area contributed by atoms with E-state index in [-0.39, 0.29) is 0 Å². The number of carbonyl (C=O) groups excluding carboxylic acids is 3. The number of rotatable bonds is 5. The number of esters is 3. The van der Waals surface area contributed by atoms with Crippen LogP contribution < -0.4 is 0 Å². The highest BCUT2D eigenvalue weighted by atomic mass is 16.6. The molecule has 0 radical (unpaired) electrons. The van der Waals surface area contributed by atoms with Crippen LogP contribution in [0.3, 0.4) is 0 Å². The molecule has 8 heteroatoms. The molecular formula is C27H32N2O6. The largest absolute Gasteiger partial charge is 0.459 e. The summed E-state index contributed by atoms with van der Waals surface area (Å²) in [5, 5.41) is 0. The van der Waals surface area contributed by atoms with Crippen LogP contribution in [0, 0.1) is 13.8 Å². The number of hydrogen-bond donors (Lipinski definition) is 0. The third-order valence-electron chi connectivity index (χ3n) is 5.85. The molecule has 0 saturated heterocycles. The fourth-order valence-electron chi connectivity index (χ4n) is 4.21. The second-order valence-corrected chi connectivity index (χ2v) is 8.81. The maximum absolute atomic E-state index is 12.6. The molecule has 1 aliphatic rings. The Balaban J connectivity index is 1.92. The van der Waals surface area contributed by atoms with Crippen molar-refractivity contribution in [3.63, 3.8) is 0 Å².